The SMILES string of the molecule is CC.CC.CCSC1=CC=C(CNC(=O)C2=CC3=C(NC2)N(C2=CC(C4CC4)NC(C4CC4)=C2)CCO3)N(C)C1. The lowest BCUT2D eigenvalue weighted by Gasteiger charge is -2.38. The number of rotatable bonds is 8. The molecule has 40 heavy (non-hydrogen) atoms. The topological polar surface area (TPSA) is 68.9 Å². The summed E-state index contributed by atoms with van der Waals surface area (Å²) in [4.78, 5) is 18.9. The van der Waals surface area contributed by atoms with Gasteiger partial charge in [0.05, 0.1) is 13.1 Å². The van der Waals surface area contributed by atoms with E-state index >= 15 is 0 Å². The second-order valence-corrected chi connectivity index (χ2v) is 11.9. The van der Waals surface area contributed by atoms with Crippen LogP contribution >= 0.6 is 11.8 Å². The number of ether oxygens (including phenoxy) is 1. The Balaban J connectivity index is 0.000000886. The maximum Gasteiger partial charge on any atom is 0.249 e. The molecule has 1 amide bonds. The van der Waals surface area contributed by atoms with Gasteiger partial charge in [0.2, 0.25) is 5.91 Å². The van der Waals surface area contributed by atoms with Crippen LogP contribution in [0, 0.1) is 11.8 Å². The Bertz CT molecular complexity index is 1110. The quantitative estimate of drug-likeness (QED) is 0.372. The molecule has 2 aliphatic carbocycles. The van der Waals surface area contributed by atoms with Gasteiger partial charge in [-0.15, -0.1) is 11.8 Å². The minimum absolute atomic E-state index is 0.0485. The molecule has 6 aliphatic rings. The van der Waals surface area contributed by atoms with E-state index in [9.17, 15) is 4.79 Å². The standard InChI is InChI=1S/C28H37N5O2S.2C2H6/c1-3-36-23-9-8-21(32(2)17-23)16-30-28(34)20-12-26-27(29-15-20)33(10-11-35-26)22-13-24(18-4-5-18)31-25(14-22)19-6-7-19;2*1-2/h8-9,12-14,18-19,24,29,31H,3-7,10-11,15-17H2,1-2H3,(H,30,34);2*1-2H3. The fraction of sp³-hybridized carbons (Fsp3) is 0.594. The maximum absolute atomic E-state index is 13.0. The molecule has 6 rings (SSSR count). The third-order valence-corrected chi connectivity index (χ3v) is 8.59. The summed E-state index contributed by atoms with van der Waals surface area (Å²) >= 11 is 1.87. The summed E-state index contributed by atoms with van der Waals surface area (Å²) in [5, 5.41) is 10.4. The van der Waals surface area contributed by atoms with Gasteiger partial charge in [0.15, 0.2) is 5.76 Å². The van der Waals surface area contributed by atoms with Crippen LogP contribution in [0.3, 0.4) is 0 Å². The Kier molecular flexibility index (Phi) is 10.8. The number of nitrogens with zero attached hydrogens (tertiary/aromatic N) is 2. The molecule has 0 bridgehead atoms. The number of hydrogen-bond acceptors (Lipinski definition) is 7. The van der Waals surface area contributed by atoms with Crippen LogP contribution in [0.4, 0.5) is 0 Å². The van der Waals surface area contributed by atoms with E-state index in [0.29, 0.717) is 37.2 Å². The molecule has 7 nitrogen and oxygen atoms in total. The lowest BCUT2D eigenvalue weighted by molar-refractivity contribution is -0.117. The van der Waals surface area contributed by atoms with Gasteiger partial charge < -0.3 is 30.5 Å². The van der Waals surface area contributed by atoms with Gasteiger partial charge in [0.25, 0.3) is 0 Å². The maximum atomic E-state index is 13.0. The molecule has 1 unspecified atom stereocenters. The van der Waals surface area contributed by atoms with Crippen molar-refractivity contribution in [1.82, 2.24) is 25.8 Å². The molecule has 2 saturated carbocycles. The van der Waals surface area contributed by atoms with Gasteiger partial charge in [-0.2, -0.15) is 0 Å². The van der Waals surface area contributed by atoms with Gasteiger partial charge in [-0.05, 0) is 73.7 Å². The van der Waals surface area contributed by atoms with E-state index in [-0.39, 0.29) is 5.91 Å². The third-order valence-electron chi connectivity index (χ3n) is 7.67. The molecule has 8 heteroatoms. The molecule has 2 fully saturated rings. The van der Waals surface area contributed by atoms with Crippen molar-refractivity contribution < 1.29 is 9.53 Å². The first-order valence-electron chi connectivity index (χ1n) is 15.4. The monoisotopic (exact) mass is 567 g/mol. The average Bonchev–Trinajstić information content (AvgIpc) is 3.91. The smallest absolute Gasteiger partial charge is 0.249 e. The van der Waals surface area contributed by atoms with Gasteiger partial charge in [-0.25, -0.2) is 0 Å². The Morgan fingerprint density at radius 3 is 2.58 bits per heavy atom. The number of carbonyl (C=O) groups is 1. The van der Waals surface area contributed by atoms with Crippen LogP contribution in [0.25, 0.3) is 0 Å². The van der Waals surface area contributed by atoms with Crippen molar-refractivity contribution in [1.29, 1.82) is 0 Å². The molecule has 0 aromatic carbocycles. The summed E-state index contributed by atoms with van der Waals surface area (Å²) in [5.41, 5.74) is 4.49. The highest BCUT2D eigenvalue weighted by Gasteiger charge is 2.37. The zero-order valence-electron chi connectivity index (χ0n) is 25.3. The fourth-order valence-corrected chi connectivity index (χ4v) is 6.10. The van der Waals surface area contributed by atoms with Crippen LogP contribution < -0.4 is 16.0 Å². The molecule has 1 atom stereocenters. The molecule has 0 aromatic heterocycles. The highest BCUT2D eigenvalue weighted by atomic mass is 32.2. The van der Waals surface area contributed by atoms with E-state index in [1.54, 1.807) is 0 Å². The van der Waals surface area contributed by atoms with E-state index in [0.717, 1.165) is 42.0 Å². The van der Waals surface area contributed by atoms with Crippen LogP contribution in [-0.4, -0.2) is 67.3 Å². The number of dihydropyridines is 2. The van der Waals surface area contributed by atoms with E-state index < -0.39 is 0 Å². The van der Waals surface area contributed by atoms with Gasteiger partial charge in [-0.3, -0.25) is 4.79 Å². The van der Waals surface area contributed by atoms with E-state index in [4.69, 9.17) is 4.74 Å². The second kappa shape index (κ2) is 14.2. The summed E-state index contributed by atoms with van der Waals surface area (Å²) in [5.74, 6) is 4.23. The van der Waals surface area contributed by atoms with Crippen LogP contribution in [0.1, 0.15) is 60.3 Å². The first-order chi connectivity index (χ1) is 19.6. The summed E-state index contributed by atoms with van der Waals surface area (Å²) in [6.07, 6.45) is 16.2. The summed E-state index contributed by atoms with van der Waals surface area (Å²) in [6.45, 7) is 13.5. The van der Waals surface area contributed by atoms with Crippen molar-refractivity contribution in [2.75, 3.05) is 45.6 Å². The largest absolute Gasteiger partial charge is 0.488 e. The van der Waals surface area contributed by atoms with Crippen molar-refractivity contribution in [3.8, 4) is 0 Å². The second-order valence-electron chi connectivity index (χ2n) is 10.5. The average molecular weight is 568 g/mol. The third kappa shape index (κ3) is 7.31. The molecular weight excluding hydrogens is 518 g/mol. The predicted octanol–water partition coefficient (Wildman–Crippen LogP) is 5.21. The lowest BCUT2D eigenvalue weighted by atomic mass is 10.0. The van der Waals surface area contributed by atoms with Gasteiger partial charge >= 0.3 is 0 Å². The van der Waals surface area contributed by atoms with E-state index in [1.165, 1.54) is 42.0 Å². The van der Waals surface area contributed by atoms with Gasteiger partial charge in [-0.1, -0.05) is 34.6 Å². The van der Waals surface area contributed by atoms with E-state index in [2.05, 4.69) is 64.0 Å². The number of likely N-dealkylation sites (N-methyl/N-ethyl adjacent to an activating group) is 1. The molecule has 4 aliphatic heterocycles. The van der Waals surface area contributed by atoms with Crippen molar-refractivity contribution in [2.45, 2.75) is 66.3 Å². The first-order valence-corrected chi connectivity index (χ1v) is 16.4. The highest BCUT2D eigenvalue weighted by Crippen LogP contribution is 2.42. The molecular formula is C32H49N5O2S. The molecule has 0 spiro atoms. The normalized spacial score (nSPS) is 23.6. The zero-order chi connectivity index (χ0) is 28.6. The molecule has 0 radical (unpaired) electrons. The Hall–Kier alpha value is -2.74. The number of thioether (sulfide) groups is 1. The highest BCUT2D eigenvalue weighted by molar-refractivity contribution is 8.03. The van der Waals surface area contributed by atoms with Gasteiger partial charge in [0, 0.05) is 53.7 Å². The minimum atomic E-state index is -0.0485. The van der Waals surface area contributed by atoms with Crippen LogP contribution in [0.15, 0.2) is 69.5 Å². The van der Waals surface area contributed by atoms with Crippen LogP contribution in [0.5, 0.6) is 0 Å². The lowest BCUT2D eigenvalue weighted by Crippen LogP contribution is -2.44. The fourth-order valence-electron chi connectivity index (χ4n) is 5.28. The van der Waals surface area contributed by atoms with Crippen LogP contribution in [-0.2, 0) is 9.53 Å². The van der Waals surface area contributed by atoms with Crippen molar-refractivity contribution in [2.24, 2.45) is 11.8 Å². The number of carbonyl (C=O) groups excluding carboxylic acids is 1. The number of nitrogens with one attached hydrogen (secondary N) is 3. The number of allylic oxidation sites excluding steroid dienone is 5. The molecule has 3 N–H and O–H groups in total. The molecule has 0 saturated heterocycles. The molecule has 220 valence electrons. The Morgan fingerprint density at radius 2 is 1.90 bits per heavy atom. The Labute approximate surface area is 245 Å². The summed E-state index contributed by atoms with van der Waals surface area (Å²) in [6, 6.07) is 0.437. The van der Waals surface area contributed by atoms with Crippen molar-refractivity contribution in [3.05, 3.63) is 69.5 Å². The first kappa shape index (κ1) is 30.2. The van der Waals surface area contributed by atoms with Crippen LogP contribution in [0.2, 0.25) is 0 Å². The van der Waals surface area contributed by atoms with Gasteiger partial charge in [0.1, 0.15) is 12.4 Å². The molecule has 0 aromatic rings. The number of hydrogen-bond donors (Lipinski definition) is 3. The Morgan fingerprint density at radius 1 is 1.12 bits per heavy atom. The van der Waals surface area contributed by atoms with Crippen molar-refractivity contribution in [3.63, 3.8) is 0 Å². The number of amides is 1. The zero-order valence-corrected chi connectivity index (χ0v) is 26.1. The van der Waals surface area contributed by atoms with Crippen molar-refractivity contribution >= 4 is 17.7 Å². The molecule has 4 heterocycles. The summed E-state index contributed by atoms with van der Waals surface area (Å²) < 4.78 is 6.03. The minimum Gasteiger partial charge on any atom is -0.488 e. The van der Waals surface area contributed by atoms with E-state index in [1.807, 2.05) is 45.5 Å². The predicted molar refractivity (Wildman–Crippen MR) is 167 cm³/mol. The summed E-state index contributed by atoms with van der Waals surface area (Å²) in [7, 11) is 2.08.